The lowest BCUT2D eigenvalue weighted by atomic mass is 9.81. The molecule has 172 valence electrons. The number of carbonyl (C=O) groups is 2. The van der Waals surface area contributed by atoms with Crippen LogP contribution in [0.15, 0.2) is 44.9 Å². The van der Waals surface area contributed by atoms with Crippen molar-refractivity contribution in [3.05, 3.63) is 51.7 Å². The van der Waals surface area contributed by atoms with E-state index in [2.05, 4.69) is 26.1 Å². The van der Waals surface area contributed by atoms with Crippen molar-refractivity contribution in [2.45, 2.75) is 52.5 Å². The third-order valence-corrected chi connectivity index (χ3v) is 5.09. The van der Waals surface area contributed by atoms with Crippen molar-refractivity contribution in [2.75, 3.05) is 14.2 Å². The summed E-state index contributed by atoms with van der Waals surface area (Å²) in [6, 6.07) is 6.82. The lowest BCUT2D eigenvalue weighted by molar-refractivity contribution is -0.145. The van der Waals surface area contributed by atoms with Gasteiger partial charge in [0.2, 0.25) is 5.88 Å². The number of fused-ring (bicyclic) bond motifs is 3. The normalized spacial score (nSPS) is 16.3. The summed E-state index contributed by atoms with van der Waals surface area (Å²) in [6.45, 7) is 10.2. The highest BCUT2D eigenvalue weighted by Crippen LogP contribution is 2.42. The molecule has 0 saturated heterocycles. The van der Waals surface area contributed by atoms with E-state index in [1.54, 1.807) is 24.3 Å². The number of carbonyl (C=O) groups excluding carboxylic acids is 2. The fraction of sp³-hybridized carbons (Fsp3) is 0.458. The van der Waals surface area contributed by atoms with Gasteiger partial charge in [0.25, 0.3) is 0 Å². The number of rotatable bonds is 5. The highest BCUT2D eigenvalue weighted by atomic mass is 16.5. The van der Waals surface area contributed by atoms with E-state index in [1.807, 2.05) is 13.8 Å². The average molecular weight is 443 g/mol. The van der Waals surface area contributed by atoms with Crippen molar-refractivity contribution in [2.24, 2.45) is 5.41 Å². The van der Waals surface area contributed by atoms with Crippen molar-refractivity contribution in [1.29, 1.82) is 0 Å². The van der Waals surface area contributed by atoms with Gasteiger partial charge in [-0.15, -0.1) is 0 Å². The lowest BCUT2D eigenvalue weighted by Crippen LogP contribution is -2.46. The predicted molar refractivity (Wildman–Crippen MR) is 118 cm³/mol. The zero-order valence-corrected chi connectivity index (χ0v) is 19.5. The molecule has 8 heteroatoms. The first-order chi connectivity index (χ1) is 14.9. The van der Waals surface area contributed by atoms with Gasteiger partial charge in [-0.25, -0.2) is 9.59 Å². The smallest absolute Gasteiger partial charge is 0.344 e. The quantitative estimate of drug-likeness (QED) is 0.552. The maximum absolute atomic E-state index is 12.9. The molecule has 8 nitrogen and oxygen atoms in total. The van der Waals surface area contributed by atoms with Gasteiger partial charge in [-0.3, -0.25) is 4.79 Å². The highest BCUT2D eigenvalue weighted by Gasteiger charge is 2.45. The summed E-state index contributed by atoms with van der Waals surface area (Å²) < 4.78 is 21.4. The molecule has 3 rings (SSSR count). The second kappa shape index (κ2) is 8.33. The lowest BCUT2D eigenvalue weighted by Gasteiger charge is -2.37. The Hall–Kier alpha value is -3.29. The van der Waals surface area contributed by atoms with Crippen molar-refractivity contribution in [3.8, 4) is 5.75 Å². The maximum atomic E-state index is 12.9. The van der Waals surface area contributed by atoms with Crippen molar-refractivity contribution < 1.29 is 28.2 Å². The standard InChI is InChI=1S/C24H29NO7/c1-23(2,3)12-24(4,5)25-19-17(21(27)30-7)15(20(26)29-6)16-18(32-19)13-10-8-9-11-14(13)31-22(16)28/h8-11,15,25H,12H2,1-7H3/t15-/m0/s1. The van der Waals surface area contributed by atoms with Gasteiger partial charge in [-0.2, -0.15) is 0 Å². The van der Waals surface area contributed by atoms with E-state index in [9.17, 15) is 14.4 Å². The molecule has 32 heavy (non-hydrogen) atoms. The van der Waals surface area contributed by atoms with Gasteiger partial charge in [0.05, 0.1) is 19.6 Å². The summed E-state index contributed by atoms with van der Waals surface area (Å²) in [6.07, 6.45) is 0.717. The molecule has 1 atom stereocenters. The van der Waals surface area contributed by atoms with E-state index < -0.39 is 29.0 Å². The molecule has 1 aromatic heterocycles. The van der Waals surface area contributed by atoms with Crippen LogP contribution in [-0.2, 0) is 19.1 Å². The Morgan fingerprint density at radius 3 is 2.31 bits per heavy atom. The molecule has 1 aromatic carbocycles. The Labute approximate surface area is 186 Å². The number of hydrogen-bond donors (Lipinski definition) is 1. The molecule has 1 aliphatic rings. The number of esters is 2. The first-order valence-electron chi connectivity index (χ1n) is 10.3. The van der Waals surface area contributed by atoms with Crippen molar-refractivity contribution in [1.82, 2.24) is 5.32 Å². The van der Waals surface area contributed by atoms with Gasteiger partial charge in [0.1, 0.15) is 22.6 Å². The minimum atomic E-state index is -1.37. The van der Waals surface area contributed by atoms with Crippen LogP contribution in [0.5, 0.6) is 5.75 Å². The van der Waals surface area contributed by atoms with Crippen LogP contribution in [0.1, 0.15) is 52.5 Å². The molecular formula is C24H29NO7. The number of benzene rings is 1. The highest BCUT2D eigenvalue weighted by molar-refractivity contribution is 6.01. The SMILES string of the molecule is COC(=O)C1=C(NC(C)(C)CC(C)(C)C)Oc2c(c(=O)oc3ccccc23)[C@@H]1C(=O)OC. The average Bonchev–Trinajstić information content (AvgIpc) is 2.69. The van der Waals surface area contributed by atoms with Gasteiger partial charge in [-0.05, 0) is 37.8 Å². The number of nitrogens with one attached hydrogen (secondary N) is 1. The molecule has 0 saturated carbocycles. The van der Waals surface area contributed by atoms with E-state index in [0.29, 0.717) is 11.0 Å². The Balaban J connectivity index is 2.29. The summed E-state index contributed by atoms with van der Waals surface area (Å²) in [5, 5.41) is 3.76. The van der Waals surface area contributed by atoms with E-state index in [4.69, 9.17) is 18.6 Å². The van der Waals surface area contributed by atoms with Crippen LogP contribution in [0.25, 0.3) is 11.0 Å². The number of methoxy groups -OCH3 is 2. The first-order valence-corrected chi connectivity index (χ1v) is 10.3. The fourth-order valence-corrected chi connectivity index (χ4v) is 4.37. The molecule has 0 bridgehead atoms. The second-order valence-electron chi connectivity index (χ2n) is 9.67. The molecule has 0 radical (unpaired) electrons. The zero-order valence-electron chi connectivity index (χ0n) is 19.5. The van der Waals surface area contributed by atoms with E-state index in [0.717, 1.165) is 6.42 Å². The second-order valence-corrected chi connectivity index (χ2v) is 9.67. The fourth-order valence-electron chi connectivity index (χ4n) is 4.37. The summed E-state index contributed by atoms with van der Waals surface area (Å²) in [7, 11) is 2.38. The summed E-state index contributed by atoms with van der Waals surface area (Å²) in [4.78, 5) is 38.6. The molecular weight excluding hydrogens is 414 g/mol. The van der Waals surface area contributed by atoms with Crippen LogP contribution in [0.4, 0.5) is 0 Å². The minimum absolute atomic E-state index is 0.0371. The molecule has 1 N–H and O–H groups in total. The minimum Gasteiger partial charge on any atom is -0.468 e. The monoisotopic (exact) mass is 443 g/mol. The molecule has 0 aliphatic carbocycles. The number of ether oxygens (including phenoxy) is 3. The van der Waals surface area contributed by atoms with Crippen LogP contribution in [0.3, 0.4) is 0 Å². The van der Waals surface area contributed by atoms with Crippen LogP contribution >= 0.6 is 0 Å². The summed E-state index contributed by atoms with van der Waals surface area (Å²) >= 11 is 0. The summed E-state index contributed by atoms with van der Waals surface area (Å²) in [5.41, 5.74) is -1.30. The van der Waals surface area contributed by atoms with Gasteiger partial charge >= 0.3 is 17.6 Å². The number of para-hydroxylation sites is 1. The Bertz CT molecular complexity index is 1150. The third-order valence-electron chi connectivity index (χ3n) is 5.09. The number of hydrogen-bond acceptors (Lipinski definition) is 8. The first kappa shape index (κ1) is 23.4. The summed E-state index contributed by atoms with van der Waals surface area (Å²) in [5.74, 6) is -2.79. The van der Waals surface area contributed by atoms with Crippen LogP contribution in [0.2, 0.25) is 0 Å². The van der Waals surface area contributed by atoms with Gasteiger partial charge in [0, 0.05) is 5.54 Å². The topological polar surface area (TPSA) is 104 Å². The molecule has 0 spiro atoms. The van der Waals surface area contributed by atoms with E-state index >= 15 is 0 Å². The zero-order chi connectivity index (χ0) is 23.8. The van der Waals surface area contributed by atoms with Gasteiger partial charge in [-0.1, -0.05) is 32.9 Å². The Kier molecular flexibility index (Phi) is 6.09. The Morgan fingerprint density at radius 1 is 1.06 bits per heavy atom. The molecule has 1 aliphatic heterocycles. The molecule has 0 fully saturated rings. The van der Waals surface area contributed by atoms with Crippen LogP contribution in [-0.4, -0.2) is 31.7 Å². The molecule has 0 unspecified atom stereocenters. The van der Waals surface area contributed by atoms with Crippen molar-refractivity contribution in [3.63, 3.8) is 0 Å². The third kappa shape index (κ3) is 4.49. The largest absolute Gasteiger partial charge is 0.468 e. The van der Waals surface area contributed by atoms with Gasteiger partial charge in [0.15, 0.2) is 5.75 Å². The van der Waals surface area contributed by atoms with Crippen molar-refractivity contribution >= 4 is 22.9 Å². The predicted octanol–water partition coefficient (Wildman–Crippen LogP) is 3.63. The van der Waals surface area contributed by atoms with Crippen LogP contribution < -0.4 is 15.7 Å². The molecule has 2 heterocycles. The van der Waals surface area contributed by atoms with E-state index in [-0.39, 0.29) is 28.2 Å². The molecule has 0 amide bonds. The van der Waals surface area contributed by atoms with Gasteiger partial charge < -0.3 is 23.9 Å². The van der Waals surface area contributed by atoms with E-state index in [1.165, 1.54) is 14.2 Å². The van der Waals surface area contributed by atoms with Crippen LogP contribution in [0, 0.1) is 5.41 Å². The molecule has 2 aromatic rings. The Morgan fingerprint density at radius 2 is 1.72 bits per heavy atom. The maximum Gasteiger partial charge on any atom is 0.344 e.